The molecule has 0 aromatic rings. The van der Waals surface area contributed by atoms with Crippen molar-refractivity contribution < 1.29 is 13.2 Å². The Bertz CT molecular complexity index is 176. The molecule has 5 heteroatoms. The first-order valence-electron chi connectivity index (χ1n) is 5.51. The standard InChI is InChI=1S/C10H19F3N2/c1-2-15(8-10(11,12)13)7-9-3-5-14-6-4-9/h9,14H,2-8H2,1H3. The summed E-state index contributed by atoms with van der Waals surface area (Å²) >= 11 is 0. The van der Waals surface area contributed by atoms with Crippen molar-refractivity contribution in [3.05, 3.63) is 0 Å². The van der Waals surface area contributed by atoms with Crippen LogP contribution in [0, 0.1) is 5.92 Å². The summed E-state index contributed by atoms with van der Waals surface area (Å²) in [5.74, 6) is 0.425. The maximum Gasteiger partial charge on any atom is 0.401 e. The minimum atomic E-state index is -4.07. The molecule has 2 nitrogen and oxygen atoms in total. The first kappa shape index (κ1) is 12.8. The van der Waals surface area contributed by atoms with Crippen LogP contribution in [-0.2, 0) is 0 Å². The van der Waals surface area contributed by atoms with Crippen LogP contribution >= 0.6 is 0 Å². The molecule has 0 aromatic heterocycles. The molecule has 1 aliphatic heterocycles. The molecule has 0 radical (unpaired) electrons. The fraction of sp³-hybridized carbons (Fsp3) is 1.00. The maximum absolute atomic E-state index is 12.2. The van der Waals surface area contributed by atoms with E-state index in [4.69, 9.17) is 0 Å². The first-order valence-corrected chi connectivity index (χ1v) is 5.51. The van der Waals surface area contributed by atoms with E-state index in [0.717, 1.165) is 25.9 Å². The van der Waals surface area contributed by atoms with Crippen molar-refractivity contribution in [2.75, 3.05) is 32.7 Å². The molecular formula is C10H19F3N2. The van der Waals surface area contributed by atoms with E-state index in [9.17, 15) is 13.2 Å². The van der Waals surface area contributed by atoms with Gasteiger partial charge < -0.3 is 5.32 Å². The van der Waals surface area contributed by atoms with E-state index in [2.05, 4.69) is 5.32 Å². The number of rotatable bonds is 4. The average molecular weight is 224 g/mol. The number of piperidine rings is 1. The van der Waals surface area contributed by atoms with Crippen LogP contribution in [0.4, 0.5) is 13.2 Å². The summed E-state index contributed by atoms with van der Waals surface area (Å²) in [6.45, 7) is 3.95. The summed E-state index contributed by atoms with van der Waals surface area (Å²) in [6, 6.07) is 0. The number of alkyl halides is 3. The van der Waals surface area contributed by atoms with E-state index >= 15 is 0 Å². The highest BCUT2D eigenvalue weighted by atomic mass is 19.4. The highest BCUT2D eigenvalue weighted by Gasteiger charge is 2.31. The van der Waals surface area contributed by atoms with Crippen LogP contribution < -0.4 is 5.32 Å². The van der Waals surface area contributed by atoms with Gasteiger partial charge in [0.05, 0.1) is 6.54 Å². The van der Waals surface area contributed by atoms with Crippen LogP contribution in [0.3, 0.4) is 0 Å². The van der Waals surface area contributed by atoms with Crippen molar-refractivity contribution in [2.45, 2.75) is 25.9 Å². The smallest absolute Gasteiger partial charge is 0.317 e. The number of nitrogens with one attached hydrogen (secondary N) is 1. The average Bonchev–Trinajstić information content (AvgIpc) is 2.16. The van der Waals surface area contributed by atoms with Gasteiger partial charge in [-0.1, -0.05) is 6.92 Å². The number of hydrogen-bond donors (Lipinski definition) is 1. The molecule has 90 valence electrons. The third-order valence-corrected chi connectivity index (χ3v) is 2.83. The van der Waals surface area contributed by atoms with Gasteiger partial charge in [0.15, 0.2) is 0 Å². The highest BCUT2D eigenvalue weighted by Crippen LogP contribution is 2.19. The van der Waals surface area contributed by atoms with E-state index in [1.807, 2.05) is 0 Å². The largest absolute Gasteiger partial charge is 0.401 e. The summed E-state index contributed by atoms with van der Waals surface area (Å²) in [5.41, 5.74) is 0. The summed E-state index contributed by atoms with van der Waals surface area (Å²) in [5, 5.41) is 3.21. The molecule has 1 aliphatic rings. The van der Waals surface area contributed by atoms with Gasteiger partial charge in [-0.25, -0.2) is 0 Å². The molecule has 0 saturated carbocycles. The Morgan fingerprint density at radius 1 is 1.27 bits per heavy atom. The SMILES string of the molecule is CCN(CC1CCNCC1)CC(F)(F)F. The summed E-state index contributed by atoms with van der Waals surface area (Å²) in [7, 11) is 0. The molecule has 1 rings (SSSR count). The topological polar surface area (TPSA) is 15.3 Å². The van der Waals surface area contributed by atoms with Gasteiger partial charge >= 0.3 is 6.18 Å². The van der Waals surface area contributed by atoms with Crippen molar-refractivity contribution in [3.8, 4) is 0 Å². The van der Waals surface area contributed by atoms with Crippen LogP contribution in [-0.4, -0.2) is 43.8 Å². The lowest BCUT2D eigenvalue weighted by Crippen LogP contribution is -2.40. The van der Waals surface area contributed by atoms with Gasteiger partial charge in [-0.2, -0.15) is 13.2 Å². The molecule has 0 aliphatic carbocycles. The second kappa shape index (κ2) is 5.70. The zero-order valence-electron chi connectivity index (χ0n) is 9.11. The normalized spacial score (nSPS) is 19.8. The predicted molar refractivity (Wildman–Crippen MR) is 53.8 cm³/mol. The number of nitrogens with zero attached hydrogens (tertiary/aromatic N) is 1. The lowest BCUT2D eigenvalue weighted by atomic mass is 9.97. The lowest BCUT2D eigenvalue weighted by molar-refractivity contribution is -0.146. The number of hydrogen-bond acceptors (Lipinski definition) is 2. The van der Waals surface area contributed by atoms with Gasteiger partial charge in [-0.3, -0.25) is 4.90 Å². The number of halogens is 3. The monoisotopic (exact) mass is 224 g/mol. The van der Waals surface area contributed by atoms with Gasteiger partial charge in [0.2, 0.25) is 0 Å². The second-order valence-corrected chi connectivity index (χ2v) is 4.14. The van der Waals surface area contributed by atoms with Gasteiger partial charge in [0.25, 0.3) is 0 Å². The molecular weight excluding hydrogens is 205 g/mol. The summed E-state index contributed by atoms with van der Waals surface area (Å²) in [6.07, 6.45) is -2.08. The second-order valence-electron chi connectivity index (χ2n) is 4.14. The van der Waals surface area contributed by atoms with Crippen molar-refractivity contribution >= 4 is 0 Å². The Kier molecular flexibility index (Phi) is 4.86. The van der Waals surface area contributed by atoms with Gasteiger partial charge in [-0.05, 0) is 38.4 Å². The fourth-order valence-electron chi connectivity index (χ4n) is 1.99. The molecule has 0 atom stereocenters. The quantitative estimate of drug-likeness (QED) is 0.784. The minimum absolute atomic E-state index is 0.425. The van der Waals surface area contributed by atoms with Gasteiger partial charge in [-0.15, -0.1) is 0 Å². The molecule has 0 unspecified atom stereocenters. The van der Waals surface area contributed by atoms with Gasteiger partial charge in [0, 0.05) is 6.54 Å². The molecule has 1 saturated heterocycles. The molecule has 0 aromatic carbocycles. The van der Waals surface area contributed by atoms with Crippen LogP contribution in [0.25, 0.3) is 0 Å². The molecule has 15 heavy (non-hydrogen) atoms. The van der Waals surface area contributed by atoms with E-state index in [1.165, 1.54) is 4.90 Å². The van der Waals surface area contributed by atoms with Crippen molar-refractivity contribution in [2.24, 2.45) is 5.92 Å². The molecule has 0 amide bonds. The van der Waals surface area contributed by atoms with Crippen LogP contribution in [0.1, 0.15) is 19.8 Å². The maximum atomic E-state index is 12.2. The zero-order chi connectivity index (χ0) is 11.3. The fourth-order valence-corrected chi connectivity index (χ4v) is 1.99. The Balaban J connectivity index is 2.31. The third kappa shape index (κ3) is 5.37. The highest BCUT2D eigenvalue weighted by molar-refractivity contribution is 4.73. The first-order chi connectivity index (χ1) is 7.01. The van der Waals surface area contributed by atoms with E-state index in [0.29, 0.717) is 19.0 Å². The molecule has 0 spiro atoms. The summed E-state index contributed by atoms with van der Waals surface area (Å²) < 4.78 is 36.6. The molecule has 1 fully saturated rings. The predicted octanol–water partition coefficient (Wildman–Crippen LogP) is 1.87. The Morgan fingerprint density at radius 2 is 1.87 bits per heavy atom. The molecule has 0 bridgehead atoms. The Hall–Kier alpha value is -0.290. The zero-order valence-corrected chi connectivity index (χ0v) is 9.11. The Morgan fingerprint density at radius 3 is 2.33 bits per heavy atom. The van der Waals surface area contributed by atoms with Gasteiger partial charge in [0.1, 0.15) is 0 Å². The van der Waals surface area contributed by atoms with Crippen molar-refractivity contribution in [3.63, 3.8) is 0 Å². The van der Waals surface area contributed by atoms with Crippen molar-refractivity contribution in [1.29, 1.82) is 0 Å². The molecule has 1 N–H and O–H groups in total. The van der Waals surface area contributed by atoms with E-state index in [1.54, 1.807) is 6.92 Å². The summed E-state index contributed by atoms with van der Waals surface area (Å²) in [4.78, 5) is 1.50. The minimum Gasteiger partial charge on any atom is -0.317 e. The van der Waals surface area contributed by atoms with E-state index < -0.39 is 12.7 Å². The Labute approximate surface area is 88.8 Å². The lowest BCUT2D eigenvalue weighted by Gasteiger charge is -2.29. The van der Waals surface area contributed by atoms with Crippen LogP contribution in [0.15, 0.2) is 0 Å². The third-order valence-electron chi connectivity index (χ3n) is 2.83. The van der Waals surface area contributed by atoms with Crippen LogP contribution in [0.5, 0.6) is 0 Å². The molecule has 1 heterocycles. The van der Waals surface area contributed by atoms with Crippen LogP contribution in [0.2, 0.25) is 0 Å². The van der Waals surface area contributed by atoms with Crippen molar-refractivity contribution in [1.82, 2.24) is 10.2 Å². The van der Waals surface area contributed by atoms with E-state index in [-0.39, 0.29) is 0 Å².